The Balaban J connectivity index is 1.70. The normalized spacial score (nSPS) is 21.9. The van der Waals surface area contributed by atoms with Crippen LogP contribution >= 0.6 is 0 Å². The average Bonchev–Trinajstić information content (AvgIpc) is 2.48. The molecule has 1 aromatic carbocycles. The van der Waals surface area contributed by atoms with Crippen molar-refractivity contribution in [2.75, 3.05) is 6.54 Å². The summed E-state index contributed by atoms with van der Waals surface area (Å²) >= 11 is 0. The molecule has 118 valence electrons. The van der Waals surface area contributed by atoms with Gasteiger partial charge in [-0.1, -0.05) is 44.2 Å². The highest BCUT2D eigenvalue weighted by molar-refractivity contribution is 5.14. The first kappa shape index (κ1) is 16.5. The molecule has 0 aromatic heterocycles. The second-order valence-electron chi connectivity index (χ2n) is 7.69. The van der Waals surface area contributed by atoms with Gasteiger partial charge in [0.05, 0.1) is 5.60 Å². The average molecular weight is 289 g/mol. The van der Waals surface area contributed by atoms with Crippen LogP contribution in [0.25, 0.3) is 0 Å². The van der Waals surface area contributed by atoms with Crippen molar-refractivity contribution in [1.29, 1.82) is 0 Å². The van der Waals surface area contributed by atoms with E-state index in [0.29, 0.717) is 11.5 Å². The Hall–Kier alpha value is -0.860. The van der Waals surface area contributed by atoms with E-state index in [2.05, 4.69) is 56.4 Å². The standard InChI is InChI=1S/C19H31NO/c1-16(9-10-17-7-5-4-6-8-17)20-15-19(21)13-11-18(2,3)12-14-19/h4-8,16,20-21H,9-15H2,1-3H3. The number of hydrogen-bond donors (Lipinski definition) is 2. The molecule has 21 heavy (non-hydrogen) atoms. The van der Waals surface area contributed by atoms with Crippen LogP contribution in [0.2, 0.25) is 0 Å². The highest BCUT2D eigenvalue weighted by Crippen LogP contribution is 2.39. The van der Waals surface area contributed by atoms with Gasteiger partial charge in [0, 0.05) is 12.6 Å². The van der Waals surface area contributed by atoms with Crippen LogP contribution in [-0.4, -0.2) is 23.3 Å². The summed E-state index contributed by atoms with van der Waals surface area (Å²) in [7, 11) is 0. The number of hydrogen-bond acceptors (Lipinski definition) is 2. The van der Waals surface area contributed by atoms with Crippen molar-refractivity contribution < 1.29 is 5.11 Å². The highest BCUT2D eigenvalue weighted by atomic mass is 16.3. The molecule has 1 fully saturated rings. The van der Waals surface area contributed by atoms with Gasteiger partial charge in [-0.15, -0.1) is 0 Å². The monoisotopic (exact) mass is 289 g/mol. The molecule has 0 bridgehead atoms. The number of nitrogens with one attached hydrogen (secondary N) is 1. The zero-order valence-corrected chi connectivity index (χ0v) is 13.9. The third-order valence-corrected chi connectivity index (χ3v) is 5.02. The zero-order valence-electron chi connectivity index (χ0n) is 13.9. The van der Waals surface area contributed by atoms with Crippen LogP contribution in [-0.2, 0) is 6.42 Å². The first-order valence-electron chi connectivity index (χ1n) is 8.38. The number of rotatable bonds is 6. The van der Waals surface area contributed by atoms with E-state index in [-0.39, 0.29) is 0 Å². The van der Waals surface area contributed by atoms with Crippen LogP contribution in [0.5, 0.6) is 0 Å². The van der Waals surface area contributed by atoms with Crippen LogP contribution in [0.3, 0.4) is 0 Å². The Bertz CT molecular complexity index is 416. The largest absolute Gasteiger partial charge is 0.389 e. The maximum Gasteiger partial charge on any atom is 0.0772 e. The Morgan fingerprint density at radius 1 is 1.10 bits per heavy atom. The lowest BCUT2D eigenvalue weighted by atomic mass is 9.71. The molecular weight excluding hydrogens is 258 g/mol. The molecule has 2 rings (SSSR count). The van der Waals surface area contributed by atoms with Gasteiger partial charge in [-0.25, -0.2) is 0 Å². The fraction of sp³-hybridized carbons (Fsp3) is 0.684. The number of benzene rings is 1. The molecule has 0 aliphatic heterocycles. The van der Waals surface area contributed by atoms with Crippen molar-refractivity contribution in [3.63, 3.8) is 0 Å². The van der Waals surface area contributed by atoms with Gasteiger partial charge in [0.2, 0.25) is 0 Å². The van der Waals surface area contributed by atoms with E-state index < -0.39 is 5.60 Å². The molecule has 0 spiro atoms. The first-order chi connectivity index (χ1) is 9.89. The SMILES string of the molecule is CC(CCc1ccccc1)NCC1(O)CCC(C)(C)CC1. The summed E-state index contributed by atoms with van der Waals surface area (Å²) < 4.78 is 0. The van der Waals surface area contributed by atoms with Gasteiger partial charge in [0.25, 0.3) is 0 Å². The van der Waals surface area contributed by atoms with Crippen molar-refractivity contribution in [3.8, 4) is 0 Å². The molecular formula is C19H31NO. The van der Waals surface area contributed by atoms with E-state index in [0.717, 1.165) is 45.1 Å². The molecule has 1 aliphatic carbocycles. The smallest absolute Gasteiger partial charge is 0.0772 e. The van der Waals surface area contributed by atoms with Gasteiger partial charge in [-0.2, -0.15) is 0 Å². The van der Waals surface area contributed by atoms with E-state index in [1.54, 1.807) is 0 Å². The van der Waals surface area contributed by atoms with Gasteiger partial charge in [0.1, 0.15) is 0 Å². The van der Waals surface area contributed by atoms with Gasteiger partial charge in [0.15, 0.2) is 0 Å². The summed E-state index contributed by atoms with van der Waals surface area (Å²) in [6, 6.07) is 11.1. The Morgan fingerprint density at radius 2 is 1.71 bits per heavy atom. The maximum absolute atomic E-state index is 10.7. The molecule has 1 saturated carbocycles. The van der Waals surface area contributed by atoms with Crippen molar-refractivity contribution in [1.82, 2.24) is 5.32 Å². The van der Waals surface area contributed by atoms with Crippen molar-refractivity contribution in [3.05, 3.63) is 35.9 Å². The van der Waals surface area contributed by atoms with Crippen molar-refractivity contribution in [2.45, 2.75) is 70.9 Å². The Morgan fingerprint density at radius 3 is 2.33 bits per heavy atom. The number of aliphatic hydroxyl groups is 1. The molecule has 0 amide bonds. The van der Waals surface area contributed by atoms with Crippen molar-refractivity contribution in [2.24, 2.45) is 5.41 Å². The number of aryl methyl sites for hydroxylation is 1. The van der Waals surface area contributed by atoms with Gasteiger partial charge >= 0.3 is 0 Å². The Kier molecular flexibility index (Phi) is 5.45. The molecule has 0 heterocycles. The van der Waals surface area contributed by atoms with Gasteiger partial charge in [-0.05, 0) is 56.4 Å². The molecule has 1 unspecified atom stereocenters. The minimum absolute atomic E-state index is 0.408. The molecule has 1 atom stereocenters. The topological polar surface area (TPSA) is 32.3 Å². The van der Waals surface area contributed by atoms with Crippen LogP contribution in [0.1, 0.15) is 58.4 Å². The molecule has 2 heteroatoms. The summed E-state index contributed by atoms with van der Waals surface area (Å²) in [5.41, 5.74) is 1.31. The predicted molar refractivity (Wildman–Crippen MR) is 89.4 cm³/mol. The lowest BCUT2D eigenvalue weighted by molar-refractivity contribution is -0.0258. The summed E-state index contributed by atoms with van der Waals surface area (Å²) in [5.74, 6) is 0. The maximum atomic E-state index is 10.7. The van der Waals surface area contributed by atoms with Crippen LogP contribution in [0.4, 0.5) is 0 Å². The van der Waals surface area contributed by atoms with E-state index in [4.69, 9.17) is 0 Å². The Labute approximate surface area is 130 Å². The summed E-state index contributed by atoms with van der Waals surface area (Å²) in [4.78, 5) is 0. The third kappa shape index (κ3) is 5.44. The van der Waals surface area contributed by atoms with Crippen LogP contribution in [0, 0.1) is 5.41 Å². The lowest BCUT2D eigenvalue weighted by Crippen LogP contribution is -2.47. The fourth-order valence-corrected chi connectivity index (χ4v) is 3.06. The quantitative estimate of drug-likeness (QED) is 0.831. The second-order valence-corrected chi connectivity index (χ2v) is 7.69. The van der Waals surface area contributed by atoms with Crippen LogP contribution < -0.4 is 5.32 Å². The highest BCUT2D eigenvalue weighted by Gasteiger charge is 2.36. The van der Waals surface area contributed by atoms with E-state index in [1.165, 1.54) is 5.56 Å². The molecule has 1 aromatic rings. The van der Waals surface area contributed by atoms with E-state index >= 15 is 0 Å². The first-order valence-corrected chi connectivity index (χ1v) is 8.38. The van der Waals surface area contributed by atoms with E-state index in [1.807, 2.05) is 0 Å². The summed E-state index contributed by atoms with van der Waals surface area (Å²) in [6.45, 7) is 7.57. The molecule has 0 radical (unpaired) electrons. The predicted octanol–water partition coefficient (Wildman–Crippen LogP) is 3.93. The van der Waals surface area contributed by atoms with Crippen LogP contribution in [0.15, 0.2) is 30.3 Å². The lowest BCUT2D eigenvalue weighted by Gasteiger charge is -2.40. The molecule has 1 aliphatic rings. The fourth-order valence-electron chi connectivity index (χ4n) is 3.06. The van der Waals surface area contributed by atoms with Gasteiger partial charge < -0.3 is 10.4 Å². The van der Waals surface area contributed by atoms with Crippen molar-refractivity contribution >= 4 is 0 Å². The summed E-state index contributed by atoms with van der Waals surface area (Å²) in [5, 5.41) is 14.2. The molecule has 2 N–H and O–H groups in total. The van der Waals surface area contributed by atoms with E-state index in [9.17, 15) is 5.11 Å². The molecule has 2 nitrogen and oxygen atoms in total. The molecule has 0 saturated heterocycles. The summed E-state index contributed by atoms with van der Waals surface area (Å²) in [6.07, 6.45) is 6.33. The second kappa shape index (κ2) is 6.93. The zero-order chi connectivity index (χ0) is 15.3. The van der Waals surface area contributed by atoms with Gasteiger partial charge in [-0.3, -0.25) is 0 Å². The third-order valence-electron chi connectivity index (χ3n) is 5.02. The minimum atomic E-state index is -0.490. The minimum Gasteiger partial charge on any atom is -0.389 e.